The van der Waals surface area contributed by atoms with E-state index in [1.807, 2.05) is 24.3 Å². The number of aromatic nitrogens is 2. The first-order valence-corrected chi connectivity index (χ1v) is 12.5. The van der Waals surface area contributed by atoms with Crippen molar-refractivity contribution < 1.29 is 4.79 Å². The third-order valence-electron chi connectivity index (χ3n) is 6.05. The Labute approximate surface area is 206 Å². The lowest BCUT2D eigenvalue weighted by Crippen LogP contribution is -2.29. The van der Waals surface area contributed by atoms with E-state index in [4.69, 9.17) is 28.2 Å². The summed E-state index contributed by atoms with van der Waals surface area (Å²) in [6.45, 7) is 5.84. The van der Waals surface area contributed by atoms with Crippen LogP contribution in [0.1, 0.15) is 44.4 Å². The predicted molar refractivity (Wildman–Crippen MR) is 137 cm³/mol. The lowest BCUT2D eigenvalue weighted by molar-refractivity contribution is -0.120. The molecule has 3 aromatic rings. The summed E-state index contributed by atoms with van der Waals surface area (Å²) in [5, 5.41) is 1.05. The number of rotatable bonds is 11. The Balaban J connectivity index is 1.62. The van der Waals surface area contributed by atoms with Gasteiger partial charge in [0.2, 0.25) is 5.95 Å². The molecule has 4 nitrogen and oxygen atoms in total. The van der Waals surface area contributed by atoms with Gasteiger partial charge in [0.1, 0.15) is 5.78 Å². The van der Waals surface area contributed by atoms with E-state index in [0.717, 1.165) is 55.1 Å². The Morgan fingerprint density at radius 2 is 1.85 bits per heavy atom. The first kappa shape index (κ1) is 23.8. The second-order valence-electron chi connectivity index (χ2n) is 9.33. The van der Waals surface area contributed by atoms with Crippen LogP contribution in [0.25, 0.3) is 11.3 Å². The van der Waals surface area contributed by atoms with Gasteiger partial charge in [-0.2, -0.15) is 0 Å². The number of aromatic amines is 1. The van der Waals surface area contributed by atoms with E-state index in [1.54, 1.807) is 0 Å². The number of H-pyrrole nitrogens is 1. The maximum Gasteiger partial charge on any atom is 0.203 e. The molecule has 1 heterocycles. The largest absolute Gasteiger partial charge is 0.342 e. The van der Waals surface area contributed by atoms with E-state index >= 15 is 0 Å². The van der Waals surface area contributed by atoms with Crippen LogP contribution >= 0.6 is 23.2 Å². The van der Waals surface area contributed by atoms with Crippen LogP contribution in [0.5, 0.6) is 0 Å². The van der Waals surface area contributed by atoms with Crippen molar-refractivity contribution in [2.75, 3.05) is 18.0 Å². The van der Waals surface area contributed by atoms with Gasteiger partial charge in [-0.15, -0.1) is 0 Å². The van der Waals surface area contributed by atoms with Gasteiger partial charge in [-0.3, -0.25) is 4.79 Å². The molecule has 1 fully saturated rings. The fourth-order valence-corrected chi connectivity index (χ4v) is 4.37. The van der Waals surface area contributed by atoms with E-state index in [9.17, 15) is 4.79 Å². The number of benzene rings is 2. The Hall–Kier alpha value is -2.30. The highest BCUT2D eigenvalue weighted by molar-refractivity contribution is 6.42. The highest BCUT2D eigenvalue weighted by atomic mass is 35.5. The van der Waals surface area contributed by atoms with Gasteiger partial charge in [0.25, 0.3) is 0 Å². The first-order chi connectivity index (χ1) is 15.9. The van der Waals surface area contributed by atoms with E-state index in [1.165, 1.54) is 5.56 Å². The molecule has 174 valence electrons. The average Bonchev–Trinajstić information content (AvgIpc) is 3.57. The van der Waals surface area contributed by atoms with Crippen LogP contribution in [0.3, 0.4) is 0 Å². The Morgan fingerprint density at radius 3 is 2.52 bits per heavy atom. The number of carbonyl (C=O) groups is 1. The summed E-state index contributed by atoms with van der Waals surface area (Å²) in [7, 11) is 0. The fraction of sp³-hybridized carbons (Fsp3) is 0.407. The molecule has 33 heavy (non-hydrogen) atoms. The number of halogens is 2. The van der Waals surface area contributed by atoms with E-state index in [2.05, 4.69) is 48.0 Å². The van der Waals surface area contributed by atoms with Crippen LogP contribution in [0.2, 0.25) is 10.0 Å². The number of anilines is 1. The maximum atomic E-state index is 12.4. The minimum atomic E-state index is 0.279. The van der Waals surface area contributed by atoms with Crippen molar-refractivity contribution in [2.24, 2.45) is 11.8 Å². The topological polar surface area (TPSA) is 49.0 Å². The van der Waals surface area contributed by atoms with Crippen LogP contribution in [0.4, 0.5) is 5.95 Å². The summed E-state index contributed by atoms with van der Waals surface area (Å²) in [5.74, 6) is 1.93. The molecule has 1 saturated carbocycles. The van der Waals surface area contributed by atoms with Crippen LogP contribution in [-0.4, -0.2) is 28.8 Å². The molecule has 0 saturated heterocycles. The maximum absolute atomic E-state index is 12.4. The monoisotopic (exact) mass is 483 g/mol. The second kappa shape index (κ2) is 10.8. The standard InChI is InChI=1S/C27H31Cl2N3O/c1-18(2)16-24-26(21-10-11-22(28)23(29)17-21)31-27(30-24)32(15-13-25(33)20-8-9-20)14-12-19-6-4-3-5-7-19/h3-7,10-11,17-18,20H,8-9,12-16H2,1-2H3,(H,30,31). The zero-order valence-electron chi connectivity index (χ0n) is 19.3. The number of nitrogens with one attached hydrogen (secondary N) is 1. The number of hydrogen-bond donors (Lipinski definition) is 1. The summed E-state index contributed by atoms with van der Waals surface area (Å²) in [6.07, 6.45) is 4.41. The second-order valence-corrected chi connectivity index (χ2v) is 10.1. The Bertz CT molecular complexity index is 1090. The SMILES string of the molecule is CC(C)Cc1[nH]c(N(CCC(=O)C2CC2)CCc2ccccc2)nc1-c1ccc(Cl)c(Cl)c1. The molecule has 0 atom stereocenters. The summed E-state index contributed by atoms with van der Waals surface area (Å²) in [5.41, 5.74) is 4.20. The molecule has 4 rings (SSSR count). The lowest BCUT2D eigenvalue weighted by Gasteiger charge is -2.22. The van der Waals surface area contributed by atoms with Gasteiger partial charge in [-0.1, -0.05) is 73.4 Å². The van der Waals surface area contributed by atoms with Crippen molar-refractivity contribution in [1.82, 2.24) is 9.97 Å². The van der Waals surface area contributed by atoms with Crippen molar-refractivity contribution in [2.45, 2.75) is 46.0 Å². The van der Waals surface area contributed by atoms with Gasteiger partial charge in [0.15, 0.2) is 0 Å². The molecular formula is C27H31Cl2N3O. The van der Waals surface area contributed by atoms with Gasteiger partial charge >= 0.3 is 0 Å². The van der Waals surface area contributed by atoms with Gasteiger partial charge in [-0.25, -0.2) is 4.98 Å². The zero-order valence-corrected chi connectivity index (χ0v) is 20.8. The smallest absolute Gasteiger partial charge is 0.203 e. The zero-order chi connectivity index (χ0) is 23.4. The normalized spacial score (nSPS) is 13.5. The number of imidazole rings is 1. The van der Waals surface area contributed by atoms with E-state index < -0.39 is 0 Å². The highest BCUT2D eigenvalue weighted by Gasteiger charge is 2.29. The lowest BCUT2D eigenvalue weighted by atomic mass is 10.0. The summed E-state index contributed by atoms with van der Waals surface area (Å²) in [6, 6.07) is 16.1. The fourth-order valence-electron chi connectivity index (χ4n) is 4.07. The van der Waals surface area contributed by atoms with E-state index in [-0.39, 0.29) is 5.92 Å². The predicted octanol–water partition coefficient (Wildman–Crippen LogP) is 7.00. The number of carbonyl (C=O) groups excluding carboxylic acids is 1. The summed E-state index contributed by atoms with van der Waals surface area (Å²) >= 11 is 12.5. The number of Topliss-reactive ketones (excluding diaryl/α,β-unsaturated/α-hetero) is 1. The molecule has 1 aromatic heterocycles. The molecule has 1 aliphatic rings. The molecule has 0 radical (unpaired) electrons. The van der Waals surface area contributed by atoms with Crippen molar-refractivity contribution >= 4 is 34.9 Å². The van der Waals surface area contributed by atoms with Gasteiger partial charge < -0.3 is 9.88 Å². The minimum Gasteiger partial charge on any atom is -0.342 e. The quantitative estimate of drug-likeness (QED) is 0.319. The Morgan fingerprint density at radius 1 is 1.09 bits per heavy atom. The summed E-state index contributed by atoms with van der Waals surface area (Å²) in [4.78, 5) is 23.3. The number of ketones is 1. The molecular weight excluding hydrogens is 453 g/mol. The van der Waals surface area contributed by atoms with Crippen molar-refractivity contribution in [3.63, 3.8) is 0 Å². The number of hydrogen-bond acceptors (Lipinski definition) is 3. The molecule has 2 aromatic carbocycles. The van der Waals surface area contributed by atoms with E-state index in [0.29, 0.717) is 34.7 Å². The average molecular weight is 484 g/mol. The van der Waals surface area contributed by atoms with Crippen molar-refractivity contribution in [3.8, 4) is 11.3 Å². The number of nitrogens with zero attached hydrogens (tertiary/aromatic N) is 2. The highest BCUT2D eigenvalue weighted by Crippen LogP contribution is 2.33. The molecule has 0 aliphatic heterocycles. The molecule has 1 N–H and O–H groups in total. The molecule has 0 amide bonds. The molecule has 0 bridgehead atoms. The third kappa shape index (κ3) is 6.39. The van der Waals surface area contributed by atoms with Gasteiger partial charge in [-0.05, 0) is 49.3 Å². The van der Waals surface area contributed by atoms with Crippen molar-refractivity contribution in [1.29, 1.82) is 0 Å². The van der Waals surface area contributed by atoms with Crippen molar-refractivity contribution in [3.05, 3.63) is 69.8 Å². The van der Waals surface area contributed by atoms with Gasteiger partial charge in [0, 0.05) is 36.7 Å². The van der Waals surface area contributed by atoms with Crippen LogP contribution < -0.4 is 4.90 Å². The molecule has 0 spiro atoms. The minimum absolute atomic E-state index is 0.279. The molecule has 6 heteroatoms. The van der Waals surface area contributed by atoms with Crippen LogP contribution in [0, 0.1) is 11.8 Å². The molecule has 1 aliphatic carbocycles. The summed E-state index contributed by atoms with van der Waals surface area (Å²) < 4.78 is 0. The third-order valence-corrected chi connectivity index (χ3v) is 6.78. The Kier molecular flexibility index (Phi) is 7.77. The molecule has 0 unspecified atom stereocenters. The van der Waals surface area contributed by atoms with Gasteiger partial charge in [0.05, 0.1) is 15.7 Å². The van der Waals surface area contributed by atoms with Crippen LogP contribution in [0.15, 0.2) is 48.5 Å². The van der Waals surface area contributed by atoms with Crippen LogP contribution in [-0.2, 0) is 17.6 Å². The first-order valence-electron chi connectivity index (χ1n) is 11.8.